The van der Waals surface area contributed by atoms with E-state index in [9.17, 15) is 21.6 Å². The van der Waals surface area contributed by atoms with Gasteiger partial charge in [0.25, 0.3) is 0 Å². The summed E-state index contributed by atoms with van der Waals surface area (Å²) < 4.78 is 51.5. The molecule has 2 aliphatic rings. The molecule has 150 valence electrons. The van der Waals surface area contributed by atoms with Crippen LogP contribution in [0.25, 0.3) is 0 Å². The highest BCUT2D eigenvalue weighted by molar-refractivity contribution is 7.92. The second-order valence-electron chi connectivity index (χ2n) is 7.67. The van der Waals surface area contributed by atoms with Crippen LogP contribution in [0.4, 0.5) is 5.69 Å². The van der Waals surface area contributed by atoms with Gasteiger partial charge in [0, 0.05) is 31.2 Å². The molecule has 2 saturated heterocycles. The van der Waals surface area contributed by atoms with Crippen molar-refractivity contribution in [3.63, 3.8) is 0 Å². The maximum Gasteiger partial charge on any atom is 0.243 e. The van der Waals surface area contributed by atoms with Gasteiger partial charge < -0.3 is 4.90 Å². The fourth-order valence-electron chi connectivity index (χ4n) is 3.66. The Morgan fingerprint density at radius 1 is 1.22 bits per heavy atom. The number of sulfonamides is 1. The fraction of sp³-hybridized carbons (Fsp3) is 0.611. The first-order valence-electron chi connectivity index (χ1n) is 9.23. The summed E-state index contributed by atoms with van der Waals surface area (Å²) in [5.74, 6) is 0.0182. The van der Waals surface area contributed by atoms with Gasteiger partial charge in [0.15, 0.2) is 9.84 Å². The summed E-state index contributed by atoms with van der Waals surface area (Å²) in [6.07, 6.45) is 1.64. The van der Waals surface area contributed by atoms with Crippen LogP contribution in [0.5, 0.6) is 0 Å². The predicted molar refractivity (Wildman–Crippen MR) is 104 cm³/mol. The monoisotopic (exact) mass is 414 g/mol. The summed E-state index contributed by atoms with van der Waals surface area (Å²) in [6.45, 7) is 4.74. The number of anilines is 1. The van der Waals surface area contributed by atoms with Crippen LogP contribution in [0.3, 0.4) is 0 Å². The second kappa shape index (κ2) is 7.52. The van der Waals surface area contributed by atoms with Gasteiger partial charge in [-0.1, -0.05) is 13.8 Å². The number of hydrogen-bond donors (Lipinski definition) is 0. The molecule has 1 aromatic rings. The Hall–Kier alpha value is -1.45. The Morgan fingerprint density at radius 3 is 2.37 bits per heavy atom. The summed E-state index contributed by atoms with van der Waals surface area (Å²) in [5.41, 5.74) is 0.690. The minimum atomic E-state index is -3.82. The van der Waals surface area contributed by atoms with Gasteiger partial charge in [0.05, 0.1) is 16.4 Å². The van der Waals surface area contributed by atoms with Crippen molar-refractivity contribution in [3.8, 4) is 0 Å². The minimum absolute atomic E-state index is 0.0256. The van der Waals surface area contributed by atoms with Crippen molar-refractivity contribution in [1.82, 2.24) is 4.31 Å². The molecule has 0 N–H and O–H groups in total. The van der Waals surface area contributed by atoms with E-state index < -0.39 is 25.9 Å². The zero-order chi connectivity index (χ0) is 19.8. The Morgan fingerprint density at radius 2 is 1.89 bits per heavy atom. The van der Waals surface area contributed by atoms with Crippen molar-refractivity contribution in [2.24, 2.45) is 5.92 Å². The van der Waals surface area contributed by atoms with E-state index in [0.717, 1.165) is 6.42 Å². The Balaban J connectivity index is 1.88. The summed E-state index contributed by atoms with van der Waals surface area (Å²) in [4.78, 5) is 13.6. The molecule has 0 radical (unpaired) electrons. The lowest BCUT2D eigenvalue weighted by Crippen LogP contribution is -2.43. The molecule has 0 bridgehead atoms. The van der Waals surface area contributed by atoms with E-state index in [0.29, 0.717) is 25.1 Å². The number of benzene rings is 1. The Kier molecular flexibility index (Phi) is 5.65. The molecule has 0 spiro atoms. The van der Waals surface area contributed by atoms with Gasteiger partial charge in [-0.3, -0.25) is 4.79 Å². The third kappa shape index (κ3) is 4.35. The van der Waals surface area contributed by atoms with Gasteiger partial charge in [0.1, 0.15) is 0 Å². The van der Waals surface area contributed by atoms with Crippen LogP contribution in [0.1, 0.15) is 33.1 Å². The van der Waals surface area contributed by atoms with Crippen molar-refractivity contribution in [3.05, 3.63) is 24.3 Å². The number of carbonyl (C=O) groups excluding carboxylic acids is 1. The number of nitrogens with zero attached hydrogens (tertiary/aromatic N) is 2. The number of amides is 1. The lowest BCUT2D eigenvalue weighted by molar-refractivity contribution is -0.117. The van der Waals surface area contributed by atoms with E-state index in [-0.39, 0.29) is 34.8 Å². The molecule has 3 rings (SSSR count). The Bertz CT molecular complexity index is 908. The molecule has 1 amide bonds. The first-order valence-corrected chi connectivity index (χ1v) is 12.5. The van der Waals surface area contributed by atoms with Gasteiger partial charge in [0.2, 0.25) is 15.9 Å². The standard InChI is InChI=1S/C18H26N2O5S2/c1-14(2)12-20(16-9-11-26(22,23)13-16)27(24,25)17-7-5-15(6-8-17)19-10-3-4-18(19)21/h5-8,14,16H,3-4,9-13H2,1-2H3. The van der Waals surface area contributed by atoms with Crippen LogP contribution in [-0.4, -0.2) is 57.7 Å². The molecule has 2 heterocycles. The topological polar surface area (TPSA) is 91.8 Å². The summed E-state index contributed by atoms with van der Waals surface area (Å²) in [7, 11) is -7.01. The van der Waals surface area contributed by atoms with Crippen molar-refractivity contribution >= 4 is 31.5 Å². The first-order chi connectivity index (χ1) is 12.6. The first kappa shape index (κ1) is 20.3. The molecular weight excluding hydrogens is 388 g/mol. The molecule has 1 atom stereocenters. The molecule has 27 heavy (non-hydrogen) atoms. The Labute approximate surface area is 161 Å². The van der Waals surface area contributed by atoms with E-state index in [1.165, 1.54) is 16.4 Å². The largest absolute Gasteiger partial charge is 0.312 e. The smallest absolute Gasteiger partial charge is 0.243 e. The molecule has 1 aromatic carbocycles. The quantitative estimate of drug-likeness (QED) is 0.706. The van der Waals surface area contributed by atoms with E-state index in [1.54, 1.807) is 17.0 Å². The molecule has 0 saturated carbocycles. The molecule has 2 aliphatic heterocycles. The van der Waals surface area contributed by atoms with Crippen LogP contribution in [0.15, 0.2) is 29.2 Å². The van der Waals surface area contributed by atoms with Crippen LogP contribution >= 0.6 is 0 Å². The van der Waals surface area contributed by atoms with Crippen LogP contribution < -0.4 is 4.90 Å². The molecule has 0 aliphatic carbocycles. The molecule has 0 aromatic heterocycles. The highest BCUT2D eigenvalue weighted by atomic mass is 32.2. The van der Waals surface area contributed by atoms with Gasteiger partial charge in [-0.2, -0.15) is 4.31 Å². The van der Waals surface area contributed by atoms with E-state index in [1.807, 2.05) is 13.8 Å². The summed E-state index contributed by atoms with van der Waals surface area (Å²) in [5, 5.41) is 0. The second-order valence-corrected chi connectivity index (χ2v) is 11.8. The summed E-state index contributed by atoms with van der Waals surface area (Å²) in [6, 6.07) is 5.78. The number of rotatable bonds is 6. The predicted octanol–water partition coefficient (Wildman–Crippen LogP) is 1.65. The third-order valence-corrected chi connectivity index (χ3v) is 8.67. The van der Waals surface area contributed by atoms with E-state index in [4.69, 9.17) is 0 Å². The normalized spacial score (nSPS) is 22.9. The van der Waals surface area contributed by atoms with Crippen molar-refractivity contribution in [2.45, 2.75) is 44.0 Å². The zero-order valence-corrected chi connectivity index (χ0v) is 17.3. The maximum atomic E-state index is 13.2. The van der Waals surface area contributed by atoms with Gasteiger partial charge in [-0.15, -0.1) is 0 Å². The zero-order valence-electron chi connectivity index (χ0n) is 15.7. The van der Waals surface area contributed by atoms with E-state index in [2.05, 4.69) is 0 Å². The van der Waals surface area contributed by atoms with Crippen molar-refractivity contribution in [2.75, 3.05) is 29.5 Å². The van der Waals surface area contributed by atoms with Crippen LogP contribution in [-0.2, 0) is 24.7 Å². The molecule has 2 fully saturated rings. The number of sulfone groups is 1. The SMILES string of the molecule is CC(C)CN(C1CCS(=O)(=O)C1)S(=O)(=O)c1ccc(N2CCCC2=O)cc1. The fourth-order valence-corrected chi connectivity index (χ4v) is 7.30. The third-order valence-electron chi connectivity index (χ3n) is 4.99. The molecule has 7 nitrogen and oxygen atoms in total. The average Bonchev–Trinajstić information content (AvgIpc) is 3.17. The van der Waals surface area contributed by atoms with Crippen molar-refractivity contribution in [1.29, 1.82) is 0 Å². The molecule has 1 unspecified atom stereocenters. The van der Waals surface area contributed by atoms with E-state index >= 15 is 0 Å². The van der Waals surface area contributed by atoms with Gasteiger partial charge in [-0.25, -0.2) is 16.8 Å². The minimum Gasteiger partial charge on any atom is -0.312 e. The number of carbonyl (C=O) groups is 1. The number of hydrogen-bond acceptors (Lipinski definition) is 5. The van der Waals surface area contributed by atoms with Gasteiger partial charge >= 0.3 is 0 Å². The lowest BCUT2D eigenvalue weighted by atomic mass is 10.2. The molecular formula is C18H26N2O5S2. The van der Waals surface area contributed by atoms with Crippen LogP contribution in [0, 0.1) is 5.92 Å². The average molecular weight is 415 g/mol. The van der Waals surface area contributed by atoms with Crippen molar-refractivity contribution < 1.29 is 21.6 Å². The highest BCUT2D eigenvalue weighted by Crippen LogP contribution is 2.28. The highest BCUT2D eigenvalue weighted by Gasteiger charge is 2.39. The van der Waals surface area contributed by atoms with Crippen LogP contribution in [0.2, 0.25) is 0 Å². The maximum absolute atomic E-state index is 13.2. The van der Waals surface area contributed by atoms with Gasteiger partial charge in [-0.05, 0) is 43.0 Å². The summed E-state index contributed by atoms with van der Waals surface area (Å²) >= 11 is 0. The lowest BCUT2D eigenvalue weighted by Gasteiger charge is -2.29. The molecule has 9 heteroatoms.